The molecule has 2 aromatic rings. The first kappa shape index (κ1) is 16.0. The first-order valence-electron chi connectivity index (χ1n) is 7.23. The van der Waals surface area contributed by atoms with Gasteiger partial charge in [0.15, 0.2) is 5.69 Å². The smallest absolute Gasteiger partial charge is 0.366 e. The van der Waals surface area contributed by atoms with Crippen molar-refractivity contribution in [2.45, 2.75) is 6.18 Å². The van der Waals surface area contributed by atoms with Crippen LogP contribution in [-0.2, 0) is 6.18 Å². The molecule has 3 heterocycles. The molecule has 0 atom stereocenters. The van der Waals surface area contributed by atoms with Crippen molar-refractivity contribution in [1.29, 1.82) is 5.26 Å². The van der Waals surface area contributed by atoms with E-state index in [0.717, 1.165) is 18.1 Å². The minimum absolute atomic E-state index is 0.253. The largest absolute Gasteiger partial charge is 0.433 e. The van der Waals surface area contributed by atoms with Gasteiger partial charge in [-0.2, -0.15) is 18.4 Å². The van der Waals surface area contributed by atoms with Crippen LogP contribution in [-0.4, -0.2) is 41.1 Å². The van der Waals surface area contributed by atoms with E-state index in [1.807, 2.05) is 17.0 Å². The number of halogens is 3. The summed E-state index contributed by atoms with van der Waals surface area (Å²) in [5.74, 6) is 0.253. The number of hydrogen-bond donors (Lipinski definition) is 0. The van der Waals surface area contributed by atoms with Crippen molar-refractivity contribution in [1.82, 2.24) is 15.0 Å². The third-order valence-electron chi connectivity index (χ3n) is 3.78. The Kier molecular flexibility index (Phi) is 4.20. The number of rotatable bonds is 2. The van der Waals surface area contributed by atoms with Gasteiger partial charge in [-0.05, 0) is 12.1 Å². The molecule has 0 spiro atoms. The Balaban J connectivity index is 1.73. The normalized spacial score (nSPS) is 15.2. The Labute approximate surface area is 136 Å². The van der Waals surface area contributed by atoms with E-state index in [1.54, 1.807) is 17.2 Å². The molecule has 0 amide bonds. The summed E-state index contributed by atoms with van der Waals surface area (Å²) < 4.78 is 38.2. The molecule has 1 aliphatic rings. The molecule has 0 radical (unpaired) electrons. The molecule has 9 heteroatoms. The van der Waals surface area contributed by atoms with Crippen LogP contribution in [0.15, 0.2) is 30.7 Å². The molecule has 1 fully saturated rings. The first-order valence-corrected chi connectivity index (χ1v) is 7.23. The van der Waals surface area contributed by atoms with Crippen LogP contribution in [0.3, 0.4) is 0 Å². The number of nitrogens with zero attached hydrogens (tertiary/aromatic N) is 6. The van der Waals surface area contributed by atoms with E-state index in [2.05, 4.69) is 15.0 Å². The molecular formula is C15H13F3N6. The van der Waals surface area contributed by atoms with Gasteiger partial charge in [-0.1, -0.05) is 0 Å². The molecule has 1 aliphatic heterocycles. The van der Waals surface area contributed by atoms with E-state index in [0.29, 0.717) is 31.9 Å². The lowest BCUT2D eigenvalue weighted by atomic mass is 10.2. The second-order valence-electron chi connectivity index (χ2n) is 5.22. The zero-order valence-corrected chi connectivity index (χ0v) is 12.5. The first-order chi connectivity index (χ1) is 11.5. The van der Waals surface area contributed by atoms with Crippen LogP contribution in [0.5, 0.6) is 0 Å². The third-order valence-corrected chi connectivity index (χ3v) is 3.78. The van der Waals surface area contributed by atoms with Crippen molar-refractivity contribution in [3.8, 4) is 6.07 Å². The van der Waals surface area contributed by atoms with E-state index in [9.17, 15) is 13.2 Å². The molecule has 3 rings (SSSR count). The fraction of sp³-hybridized carbons (Fsp3) is 0.333. The van der Waals surface area contributed by atoms with Gasteiger partial charge in [0.1, 0.15) is 23.9 Å². The van der Waals surface area contributed by atoms with Gasteiger partial charge in [0.05, 0.1) is 5.69 Å². The van der Waals surface area contributed by atoms with Gasteiger partial charge in [0, 0.05) is 38.4 Å². The summed E-state index contributed by atoms with van der Waals surface area (Å²) in [6.45, 7) is 2.11. The average Bonchev–Trinajstić information content (AvgIpc) is 2.61. The zero-order valence-electron chi connectivity index (χ0n) is 12.5. The molecule has 0 aromatic carbocycles. The van der Waals surface area contributed by atoms with Crippen molar-refractivity contribution < 1.29 is 13.2 Å². The molecule has 0 bridgehead atoms. The summed E-state index contributed by atoms with van der Waals surface area (Å²) in [7, 11) is 0. The van der Waals surface area contributed by atoms with E-state index in [4.69, 9.17) is 5.26 Å². The number of hydrogen-bond acceptors (Lipinski definition) is 6. The maximum absolute atomic E-state index is 12.7. The average molecular weight is 334 g/mol. The molecule has 0 N–H and O–H groups in total. The number of nitriles is 1. The van der Waals surface area contributed by atoms with E-state index in [-0.39, 0.29) is 5.82 Å². The monoisotopic (exact) mass is 334 g/mol. The molecular weight excluding hydrogens is 321 g/mol. The summed E-state index contributed by atoms with van der Waals surface area (Å²) in [4.78, 5) is 15.0. The lowest BCUT2D eigenvalue weighted by Gasteiger charge is -2.36. The van der Waals surface area contributed by atoms with Gasteiger partial charge >= 0.3 is 6.18 Å². The van der Waals surface area contributed by atoms with E-state index in [1.165, 1.54) is 0 Å². The van der Waals surface area contributed by atoms with Gasteiger partial charge in [0.2, 0.25) is 0 Å². The molecule has 0 unspecified atom stereocenters. The zero-order chi connectivity index (χ0) is 17.2. The fourth-order valence-electron chi connectivity index (χ4n) is 2.59. The second-order valence-corrected chi connectivity index (χ2v) is 5.22. The highest BCUT2D eigenvalue weighted by Crippen LogP contribution is 2.29. The third kappa shape index (κ3) is 3.22. The number of aromatic nitrogens is 3. The topological polar surface area (TPSA) is 68.9 Å². The fourth-order valence-corrected chi connectivity index (χ4v) is 2.59. The van der Waals surface area contributed by atoms with Crippen LogP contribution in [0.1, 0.15) is 11.4 Å². The minimum atomic E-state index is -4.49. The van der Waals surface area contributed by atoms with Crippen LogP contribution in [0.25, 0.3) is 0 Å². The lowest BCUT2D eigenvalue weighted by molar-refractivity contribution is -0.141. The highest BCUT2D eigenvalue weighted by molar-refractivity contribution is 5.57. The van der Waals surface area contributed by atoms with Crippen LogP contribution >= 0.6 is 0 Å². The molecule has 2 aromatic heterocycles. The standard InChI is InChI=1S/C15H13F3N6/c16-15(17,18)13-8-14(22-10-21-13)24-6-4-23(5-7-24)12-2-1-3-20-11(12)9-19/h1-3,8,10H,4-7H2. The number of anilines is 2. The SMILES string of the molecule is N#Cc1ncccc1N1CCN(c2cc(C(F)(F)F)ncn2)CC1. The Morgan fingerprint density at radius 1 is 1.04 bits per heavy atom. The Morgan fingerprint density at radius 2 is 1.75 bits per heavy atom. The van der Waals surface area contributed by atoms with Gasteiger partial charge < -0.3 is 9.80 Å². The maximum Gasteiger partial charge on any atom is 0.433 e. The predicted molar refractivity (Wildman–Crippen MR) is 80.4 cm³/mol. The number of alkyl halides is 3. The summed E-state index contributed by atoms with van der Waals surface area (Å²) >= 11 is 0. The van der Waals surface area contributed by atoms with Crippen LogP contribution in [0.2, 0.25) is 0 Å². The van der Waals surface area contributed by atoms with Crippen molar-refractivity contribution in [2.24, 2.45) is 0 Å². The molecule has 0 saturated carbocycles. The molecule has 124 valence electrons. The van der Waals surface area contributed by atoms with E-state index >= 15 is 0 Å². The number of piperazine rings is 1. The van der Waals surface area contributed by atoms with Gasteiger partial charge in [-0.15, -0.1) is 0 Å². The minimum Gasteiger partial charge on any atom is -0.366 e. The maximum atomic E-state index is 12.7. The molecule has 0 aliphatic carbocycles. The Bertz CT molecular complexity index is 762. The Morgan fingerprint density at radius 3 is 2.42 bits per heavy atom. The Hall–Kier alpha value is -2.89. The van der Waals surface area contributed by atoms with Crippen molar-refractivity contribution in [2.75, 3.05) is 36.0 Å². The van der Waals surface area contributed by atoms with E-state index < -0.39 is 11.9 Å². The van der Waals surface area contributed by atoms with Gasteiger partial charge in [-0.3, -0.25) is 0 Å². The highest BCUT2D eigenvalue weighted by atomic mass is 19.4. The van der Waals surface area contributed by atoms with Crippen molar-refractivity contribution >= 4 is 11.5 Å². The lowest BCUT2D eigenvalue weighted by Crippen LogP contribution is -2.47. The van der Waals surface area contributed by atoms with Crippen LogP contribution in [0, 0.1) is 11.3 Å². The summed E-state index contributed by atoms with van der Waals surface area (Å²) in [5.41, 5.74) is 0.125. The van der Waals surface area contributed by atoms with Crippen LogP contribution < -0.4 is 9.80 Å². The molecule has 1 saturated heterocycles. The number of pyridine rings is 1. The summed E-state index contributed by atoms with van der Waals surface area (Å²) in [6.07, 6.45) is -2.01. The van der Waals surface area contributed by atoms with Crippen LogP contribution in [0.4, 0.5) is 24.7 Å². The highest BCUT2D eigenvalue weighted by Gasteiger charge is 2.33. The van der Waals surface area contributed by atoms with Gasteiger partial charge in [-0.25, -0.2) is 15.0 Å². The summed E-state index contributed by atoms with van der Waals surface area (Å²) in [5, 5.41) is 9.11. The molecule has 24 heavy (non-hydrogen) atoms. The molecule has 6 nitrogen and oxygen atoms in total. The summed E-state index contributed by atoms with van der Waals surface area (Å²) in [6, 6.07) is 6.57. The predicted octanol–water partition coefficient (Wildman–Crippen LogP) is 2.09. The van der Waals surface area contributed by atoms with Crippen molar-refractivity contribution in [3.63, 3.8) is 0 Å². The van der Waals surface area contributed by atoms with Gasteiger partial charge in [0.25, 0.3) is 0 Å². The quantitative estimate of drug-likeness (QED) is 0.838. The van der Waals surface area contributed by atoms with Crippen molar-refractivity contribution in [3.05, 3.63) is 42.1 Å². The second kappa shape index (κ2) is 6.31.